The summed E-state index contributed by atoms with van der Waals surface area (Å²) in [6.07, 6.45) is 2.93. The summed E-state index contributed by atoms with van der Waals surface area (Å²) in [5.74, 6) is -1.13. The van der Waals surface area contributed by atoms with Crippen LogP contribution in [0.15, 0.2) is 23.6 Å². The van der Waals surface area contributed by atoms with E-state index >= 15 is 0 Å². The number of aliphatic hydroxyl groups excluding tert-OH is 1. The molecule has 0 radical (unpaired) electrons. The average Bonchev–Trinajstić information content (AvgIpc) is 2.85. The number of ether oxygens (including phenoxy) is 1. The van der Waals surface area contributed by atoms with Crippen molar-refractivity contribution in [3.63, 3.8) is 0 Å². The minimum absolute atomic E-state index is 0.456. The number of hydrogen-bond acceptors (Lipinski definition) is 5. The van der Waals surface area contributed by atoms with Crippen LogP contribution in [0.1, 0.15) is 4.88 Å². The van der Waals surface area contributed by atoms with Crippen LogP contribution in [0.4, 0.5) is 0 Å². The Kier molecular flexibility index (Phi) is 5.38. The van der Waals surface area contributed by atoms with E-state index in [0.29, 0.717) is 0 Å². The molecule has 0 saturated heterocycles. The van der Waals surface area contributed by atoms with Crippen LogP contribution >= 0.6 is 11.3 Å². The fourth-order valence-electron chi connectivity index (χ4n) is 1.09. The number of nitrogens with one attached hydrogen (secondary N) is 1. The SMILES string of the molecule is COC(=O)C(CO)NC(=O)/C=C/c1cccs1. The highest BCUT2D eigenvalue weighted by Gasteiger charge is 2.18. The van der Waals surface area contributed by atoms with E-state index in [-0.39, 0.29) is 0 Å². The summed E-state index contributed by atoms with van der Waals surface area (Å²) in [7, 11) is 1.19. The van der Waals surface area contributed by atoms with Crippen molar-refractivity contribution in [3.8, 4) is 0 Å². The highest BCUT2D eigenvalue weighted by molar-refractivity contribution is 7.10. The van der Waals surface area contributed by atoms with Crippen LogP contribution in [0.2, 0.25) is 0 Å². The summed E-state index contributed by atoms with van der Waals surface area (Å²) in [6, 6.07) is 2.70. The number of rotatable bonds is 5. The van der Waals surface area contributed by atoms with Crippen molar-refractivity contribution in [3.05, 3.63) is 28.5 Å². The molecule has 1 aromatic heterocycles. The fourth-order valence-corrected chi connectivity index (χ4v) is 1.70. The standard InChI is InChI=1S/C11H13NO4S/c1-16-11(15)9(7-13)12-10(14)5-4-8-3-2-6-17-8/h2-6,9,13H,7H2,1H3,(H,12,14)/b5-4+. The van der Waals surface area contributed by atoms with Gasteiger partial charge in [-0.1, -0.05) is 6.07 Å². The lowest BCUT2D eigenvalue weighted by Gasteiger charge is -2.11. The molecule has 0 aliphatic rings. The molecule has 92 valence electrons. The molecular weight excluding hydrogens is 242 g/mol. The maximum atomic E-state index is 11.4. The van der Waals surface area contributed by atoms with Gasteiger partial charge in [0.2, 0.25) is 5.91 Å². The molecule has 1 unspecified atom stereocenters. The van der Waals surface area contributed by atoms with Gasteiger partial charge in [-0.3, -0.25) is 4.79 Å². The number of esters is 1. The van der Waals surface area contributed by atoms with Crippen LogP contribution in [0.3, 0.4) is 0 Å². The molecule has 5 nitrogen and oxygen atoms in total. The van der Waals surface area contributed by atoms with E-state index in [0.717, 1.165) is 4.88 Å². The van der Waals surface area contributed by atoms with E-state index in [1.165, 1.54) is 24.5 Å². The zero-order valence-corrected chi connectivity index (χ0v) is 10.1. The maximum absolute atomic E-state index is 11.4. The molecule has 1 heterocycles. The maximum Gasteiger partial charge on any atom is 0.330 e. The normalized spacial score (nSPS) is 12.4. The first kappa shape index (κ1) is 13.4. The largest absolute Gasteiger partial charge is 0.467 e. The first-order valence-electron chi connectivity index (χ1n) is 4.88. The molecule has 0 bridgehead atoms. The third-order valence-corrected chi connectivity index (χ3v) is 2.76. The number of carbonyl (C=O) groups is 2. The van der Waals surface area contributed by atoms with Crippen LogP contribution in [-0.4, -0.2) is 36.7 Å². The molecule has 0 saturated carbocycles. The van der Waals surface area contributed by atoms with Gasteiger partial charge in [-0.15, -0.1) is 11.3 Å². The molecule has 1 aromatic rings. The molecule has 17 heavy (non-hydrogen) atoms. The first-order chi connectivity index (χ1) is 8.17. The zero-order valence-electron chi connectivity index (χ0n) is 9.25. The van der Waals surface area contributed by atoms with Gasteiger partial charge in [0.25, 0.3) is 0 Å². The Morgan fingerprint density at radius 1 is 1.65 bits per heavy atom. The summed E-state index contributed by atoms with van der Waals surface area (Å²) in [5, 5.41) is 13.1. The molecule has 1 atom stereocenters. The van der Waals surface area contributed by atoms with Crippen LogP contribution in [-0.2, 0) is 14.3 Å². The molecule has 1 amide bonds. The van der Waals surface area contributed by atoms with Crippen molar-refractivity contribution in [2.75, 3.05) is 13.7 Å². The van der Waals surface area contributed by atoms with E-state index in [1.54, 1.807) is 6.08 Å². The number of hydrogen-bond donors (Lipinski definition) is 2. The average molecular weight is 255 g/mol. The van der Waals surface area contributed by atoms with Gasteiger partial charge in [-0.2, -0.15) is 0 Å². The molecule has 0 aliphatic carbocycles. The lowest BCUT2D eigenvalue weighted by Crippen LogP contribution is -2.43. The predicted octanol–water partition coefficient (Wildman–Crippen LogP) is 0.411. The van der Waals surface area contributed by atoms with E-state index in [9.17, 15) is 9.59 Å². The second-order valence-corrected chi connectivity index (χ2v) is 4.09. The molecule has 0 aliphatic heterocycles. The van der Waals surface area contributed by atoms with Crippen LogP contribution < -0.4 is 5.32 Å². The molecule has 0 aromatic carbocycles. The molecule has 0 spiro atoms. The predicted molar refractivity (Wildman–Crippen MR) is 64.4 cm³/mol. The molecule has 6 heteroatoms. The lowest BCUT2D eigenvalue weighted by molar-refractivity contribution is -0.145. The topological polar surface area (TPSA) is 75.6 Å². The number of aliphatic hydroxyl groups is 1. The van der Waals surface area contributed by atoms with Crippen LogP contribution in [0.5, 0.6) is 0 Å². The van der Waals surface area contributed by atoms with Gasteiger partial charge in [0.15, 0.2) is 6.04 Å². The van der Waals surface area contributed by atoms with Crippen molar-refractivity contribution in [1.29, 1.82) is 0 Å². The zero-order chi connectivity index (χ0) is 12.7. The monoisotopic (exact) mass is 255 g/mol. The highest BCUT2D eigenvalue weighted by atomic mass is 32.1. The molecule has 1 rings (SSSR count). The second-order valence-electron chi connectivity index (χ2n) is 3.12. The van der Waals surface area contributed by atoms with Gasteiger partial charge in [-0.05, 0) is 17.5 Å². The van der Waals surface area contributed by atoms with E-state index in [2.05, 4.69) is 10.1 Å². The number of carbonyl (C=O) groups excluding carboxylic acids is 2. The van der Waals surface area contributed by atoms with Gasteiger partial charge in [-0.25, -0.2) is 4.79 Å². The van der Waals surface area contributed by atoms with Gasteiger partial charge < -0.3 is 15.2 Å². The third kappa shape index (κ3) is 4.38. The quantitative estimate of drug-likeness (QED) is 0.590. The van der Waals surface area contributed by atoms with Gasteiger partial charge in [0.05, 0.1) is 13.7 Å². The Balaban J connectivity index is 2.51. The smallest absolute Gasteiger partial charge is 0.330 e. The highest BCUT2D eigenvalue weighted by Crippen LogP contribution is 2.09. The van der Waals surface area contributed by atoms with Gasteiger partial charge in [0, 0.05) is 11.0 Å². The summed E-state index contributed by atoms with van der Waals surface area (Å²) < 4.78 is 4.42. The Hall–Kier alpha value is -1.66. The minimum Gasteiger partial charge on any atom is -0.467 e. The van der Waals surface area contributed by atoms with Gasteiger partial charge in [0.1, 0.15) is 0 Å². The van der Waals surface area contributed by atoms with Crippen molar-refractivity contribution in [2.24, 2.45) is 0 Å². The Morgan fingerprint density at radius 3 is 2.94 bits per heavy atom. The number of amides is 1. The summed E-state index contributed by atoms with van der Waals surface area (Å²) >= 11 is 1.49. The van der Waals surface area contributed by atoms with Crippen LogP contribution in [0.25, 0.3) is 6.08 Å². The Morgan fingerprint density at radius 2 is 2.41 bits per heavy atom. The van der Waals surface area contributed by atoms with E-state index in [1.807, 2.05) is 17.5 Å². The molecule has 2 N–H and O–H groups in total. The van der Waals surface area contributed by atoms with Crippen molar-refractivity contribution >= 4 is 29.3 Å². The fraction of sp³-hybridized carbons (Fsp3) is 0.273. The molecular formula is C11H13NO4S. The van der Waals surface area contributed by atoms with E-state index in [4.69, 9.17) is 5.11 Å². The van der Waals surface area contributed by atoms with Crippen molar-refractivity contribution < 1.29 is 19.4 Å². The Bertz CT molecular complexity index is 400. The Labute approximate surface area is 103 Å². The molecule has 0 fully saturated rings. The van der Waals surface area contributed by atoms with Crippen LogP contribution in [0, 0.1) is 0 Å². The van der Waals surface area contributed by atoms with Gasteiger partial charge >= 0.3 is 5.97 Å². The van der Waals surface area contributed by atoms with Crippen molar-refractivity contribution in [1.82, 2.24) is 5.32 Å². The minimum atomic E-state index is -1.03. The lowest BCUT2D eigenvalue weighted by atomic mass is 10.3. The third-order valence-electron chi connectivity index (χ3n) is 1.93. The number of thiophene rings is 1. The number of methoxy groups -OCH3 is 1. The summed E-state index contributed by atoms with van der Waals surface area (Å²) in [6.45, 7) is -0.495. The second kappa shape index (κ2) is 6.82. The first-order valence-corrected chi connectivity index (χ1v) is 5.76. The summed E-state index contributed by atoms with van der Waals surface area (Å²) in [4.78, 5) is 23.4. The van der Waals surface area contributed by atoms with Crippen molar-refractivity contribution in [2.45, 2.75) is 6.04 Å². The summed E-state index contributed by atoms with van der Waals surface area (Å²) in [5.41, 5.74) is 0. The van der Waals surface area contributed by atoms with E-state index < -0.39 is 24.5 Å².